The molecular formula is C15H20N2O. The van der Waals surface area contributed by atoms with Crippen molar-refractivity contribution in [1.29, 1.82) is 5.26 Å². The number of para-hydroxylation sites is 1. The van der Waals surface area contributed by atoms with Gasteiger partial charge in [-0.3, -0.25) is 0 Å². The van der Waals surface area contributed by atoms with Gasteiger partial charge in [0.1, 0.15) is 18.4 Å². The molecule has 18 heavy (non-hydrogen) atoms. The normalized spacial score (nSPS) is 18.7. The minimum Gasteiger partial charge on any atom is -0.490 e. The number of ether oxygens (including phenoxy) is 1. The van der Waals surface area contributed by atoms with Crippen LogP contribution in [0.2, 0.25) is 0 Å². The number of nitriles is 1. The SMILES string of the molecule is N#Cc1ccccc1OCC1(N)CCCCCC1. The Hall–Kier alpha value is -1.53. The molecule has 0 aromatic heterocycles. The van der Waals surface area contributed by atoms with Crippen molar-refractivity contribution in [1.82, 2.24) is 0 Å². The van der Waals surface area contributed by atoms with Crippen molar-refractivity contribution in [3.63, 3.8) is 0 Å². The second kappa shape index (κ2) is 5.88. The zero-order chi connectivity index (χ0) is 12.8. The monoisotopic (exact) mass is 244 g/mol. The average Bonchev–Trinajstić information content (AvgIpc) is 2.62. The van der Waals surface area contributed by atoms with E-state index in [1.165, 1.54) is 25.7 Å². The third-order valence-corrected chi connectivity index (χ3v) is 3.62. The summed E-state index contributed by atoms with van der Waals surface area (Å²) in [6, 6.07) is 9.47. The van der Waals surface area contributed by atoms with E-state index in [-0.39, 0.29) is 5.54 Å². The maximum Gasteiger partial charge on any atom is 0.137 e. The molecule has 1 aromatic rings. The summed E-state index contributed by atoms with van der Waals surface area (Å²) in [5.74, 6) is 0.647. The summed E-state index contributed by atoms with van der Waals surface area (Å²) < 4.78 is 5.78. The van der Waals surface area contributed by atoms with E-state index in [4.69, 9.17) is 15.7 Å². The topological polar surface area (TPSA) is 59.0 Å². The van der Waals surface area contributed by atoms with Crippen LogP contribution in [0.25, 0.3) is 0 Å². The van der Waals surface area contributed by atoms with Gasteiger partial charge in [0.25, 0.3) is 0 Å². The Morgan fingerprint density at radius 2 is 1.83 bits per heavy atom. The summed E-state index contributed by atoms with van der Waals surface area (Å²) in [5, 5.41) is 9.00. The van der Waals surface area contributed by atoms with Gasteiger partial charge in [-0.1, -0.05) is 37.8 Å². The van der Waals surface area contributed by atoms with Crippen LogP contribution in [0.5, 0.6) is 5.75 Å². The van der Waals surface area contributed by atoms with Crippen LogP contribution in [-0.2, 0) is 0 Å². The summed E-state index contributed by atoms with van der Waals surface area (Å²) >= 11 is 0. The van der Waals surface area contributed by atoms with E-state index in [0.29, 0.717) is 17.9 Å². The van der Waals surface area contributed by atoms with E-state index in [0.717, 1.165) is 12.8 Å². The lowest BCUT2D eigenvalue weighted by Gasteiger charge is -2.28. The molecule has 0 spiro atoms. The molecule has 0 heterocycles. The number of nitrogens with two attached hydrogens (primary N) is 1. The largest absolute Gasteiger partial charge is 0.490 e. The maximum atomic E-state index is 9.00. The summed E-state index contributed by atoms with van der Waals surface area (Å²) in [4.78, 5) is 0. The third kappa shape index (κ3) is 3.24. The molecule has 3 nitrogen and oxygen atoms in total. The molecular weight excluding hydrogens is 224 g/mol. The van der Waals surface area contributed by atoms with Crippen LogP contribution in [-0.4, -0.2) is 12.1 Å². The lowest BCUT2D eigenvalue weighted by atomic mass is 9.92. The Kier molecular flexibility index (Phi) is 4.22. The fourth-order valence-corrected chi connectivity index (χ4v) is 2.48. The van der Waals surface area contributed by atoms with Crippen LogP contribution in [0.3, 0.4) is 0 Å². The molecule has 2 rings (SSSR count). The highest BCUT2D eigenvalue weighted by Gasteiger charge is 2.27. The second-order valence-corrected chi connectivity index (χ2v) is 5.17. The first-order valence-electron chi connectivity index (χ1n) is 6.64. The molecule has 1 aromatic carbocycles. The Morgan fingerprint density at radius 3 is 2.50 bits per heavy atom. The van der Waals surface area contributed by atoms with Gasteiger partial charge in [0.2, 0.25) is 0 Å². The maximum absolute atomic E-state index is 9.00. The molecule has 96 valence electrons. The highest BCUT2D eigenvalue weighted by molar-refractivity contribution is 5.42. The first kappa shape index (κ1) is 12.9. The predicted molar refractivity (Wildman–Crippen MR) is 71.3 cm³/mol. The molecule has 2 N–H and O–H groups in total. The van der Waals surface area contributed by atoms with Crippen molar-refractivity contribution in [2.45, 2.75) is 44.1 Å². The summed E-state index contributed by atoms with van der Waals surface area (Å²) in [5.41, 5.74) is 6.75. The average molecular weight is 244 g/mol. The number of hydrogen-bond donors (Lipinski definition) is 1. The number of hydrogen-bond acceptors (Lipinski definition) is 3. The zero-order valence-electron chi connectivity index (χ0n) is 10.7. The summed E-state index contributed by atoms with van der Waals surface area (Å²) in [7, 11) is 0. The van der Waals surface area contributed by atoms with Crippen molar-refractivity contribution in [3.05, 3.63) is 29.8 Å². The van der Waals surface area contributed by atoms with Crippen LogP contribution in [0.1, 0.15) is 44.1 Å². The minimum atomic E-state index is -0.223. The molecule has 1 saturated carbocycles. The molecule has 3 heteroatoms. The van der Waals surface area contributed by atoms with Gasteiger partial charge < -0.3 is 10.5 Å². The van der Waals surface area contributed by atoms with Gasteiger partial charge in [-0.05, 0) is 25.0 Å². The van der Waals surface area contributed by atoms with Gasteiger partial charge in [-0.2, -0.15) is 5.26 Å². The zero-order valence-corrected chi connectivity index (χ0v) is 10.7. The summed E-state index contributed by atoms with van der Waals surface area (Å²) in [6.45, 7) is 0.506. The number of benzene rings is 1. The second-order valence-electron chi connectivity index (χ2n) is 5.17. The Labute approximate surface area is 109 Å². The van der Waals surface area contributed by atoms with Gasteiger partial charge in [-0.25, -0.2) is 0 Å². The van der Waals surface area contributed by atoms with Crippen LogP contribution in [0.4, 0.5) is 0 Å². The molecule has 1 aliphatic rings. The fraction of sp³-hybridized carbons (Fsp3) is 0.533. The van der Waals surface area contributed by atoms with Gasteiger partial charge in [0.15, 0.2) is 0 Å². The fourth-order valence-electron chi connectivity index (χ4n) is 2.48. The molecule has 0 atom stereocenters. The lowest BCUT2D eigenvalue weighted by Crippen LogP contribution is -2.45. The van der Waals surface area contributed by atoms with Crippen LogP contribution < -0.4 is 10.5 Å². The van der Waals surface area contributed by atoms with E-state index in [1.54, 1.807) is 6.07 Å². The first-order chi connectivity index (χ1) is 8.73. The number of rotatable bonds is 3. The van der Waals surface area contributed by atoms with Crippen LogP contribution in [0, 0.1) is 11.3 Å². The van der Waals surface area contributed by atoms with Gasteiger partial charge in [0.05, 0.1) is 11.1 Å². The van der Waals surface area contributed by atoms with Crippen LogP contribution >= 0.6 is 0 Å². The van der Waals surface area contributed by atoms with E-state index in [9.17, 15) is 0 Å². The predicted octanol–water partition coefficient (Wildman–Crippen LogP) is 2.99. The van der Waals surface area contributed by atoms with E-state index in [1.807, 2.05) is 18.2 Å². The van der Waals surface area contributed by atoms with Crippen molar-refractivity contribution in [3.8, 4) is 11.8 Å². The molecule has 0 aliphatic heterocycles. The summed E-state index contributed by atoms with van der Waals surface area (Å²) in [6.07, 6.45) is 6.93. The molecule has 0 radical (unpaired) electrons. The van der Waals surface area contributed by atoms with Gasteiger partial charge in [0, 0.05) is 0 Å². The molecule has 0 amide bonds. The van der Waals surface area contributed by atoms with Crippen molar-refractivity contribution >= 4 is 0 Å². The quantitative estimate of drug-likeness (QED) is 0.831. The van der Waals surface area contributed by atoms with Crippen molar-refractivity contribution in [2.24, 2.45) is 5.73 Å². The van der Waals surface area contributed by atoms with Crippen LogP contribution in [0.15, 0.2) is 24.3 Å². The molecule has 1 fully saturated rings. The Balaban J connectivity index is 2.00. The Bertz CT molecular complexity index is 428. The lowest BCUT2D eigenvalue weighted by molar-refractivity contribution is 0.199. The smallest absolute Gasteiger partial charge is 0.137 e. The molecule has 0 saturated heterocycles. The number of nitrogens with zero attached hydrogens (tertiary/aromatic N) is 1. The van der Waals surface area contributed by atoms with Gasteiger partial charge >= 0.3 is 0 Å². The third-order valence-electron chi connectivity index (χ3n) is 3.62. The van der Waals surface area contributed by atoms with E-state index in [2.05, 4.69) is 6.07 Å². The van der Waals surface area contributed by atoms with Crippen molar-refractivity contribution < 1.29 is 4.74 Å². The highest BCUT2D eigenvalue weighted by Crippen LogP contribution is 2.26. The highest BCUT2D eigenvalue weighted by atomic mass is 16.5. The minimum absolute atomic E-state index is 0.223. The molecule has 0 unspecified atom stereocenters. The van der Waals surface area contributed by atoms with E-state index >= 15 is 0 Å². The Morgan fingerprint density at radius 1 is 1.17 bits per heavy atom. The van der Waals surface area contributed by atoms with Crippen molar-refractivity contribution in [2.75, 3.05) is 6.61 Å². The standard InChI is InChI=1S/C15H20N2O/c16-11-13-7-3-4-8-14(13)18-12-15(17)9-5-1-2-6-10-15/h3-4,7-8H,1-2,5-6,9-10,12,17H2. The molecule has 1 aliphatic carbocycles. The molecule has 0 bridgehead atoms. The van der Waals surface area contributed by atoms with Gasteiger partial charge in [-0.15, -0.1) is 0 Å². The van der Waals surface area contributed by atoms with E-state index < -0.39 is 0 Å². The first-order valence-corrected chi connectivity index (χ1v) is 6.64.